The first kappa shape index (κ1) is 13.2. The number of hydrogen-bond acceptors (Lipinski definition) is 3. The minimum atomic E-state index is -0.404. The van der Waals surface area contributed by atoms with Gasteiger partial charge in [-0.3, -0.25) is 4.79 Å². The molecule has 4 heteroatoms. The average Bonchev–Trinajstić information content (AvgIpc) is 2.37. The minimum Gasteiger partial charge on any atom is -0.465 e. The molecule has 1 aromatic carbocycles. The van der Waals surface area contributed by atoms with Crippen LogP contribution >= 0.6 is 0 Å². The standard InChI is InChI=1S/C13H17NO3/c1-4-9(2)14-12(15)10-5-7-11(8-6-10)13(16)17-3/h5-9H,4H2,1-3H3,(H,14,15)/t9-/m1/s1. The van der Waals surface area contributed by atoms with Gasteiger partial charge in [0.05, 0.1) is 12.7 Å². The largest absolute Gasteiger partial charge is 0.465 e. The number of rotatable bonds is 4. The zero-order valence-corrected chi connectivity index (χ0v) is 10.3. The third-order valence-electron chi connectivity index (χ3n) is 2.56. The SMILES string of the molecule is CC[C@@H](C)NC(=O)c1ccc(C(=O)OC)cc1. The van der Waals surface area contributed by atoms with Gasteiger partial charge in [-0.05, 0) is 37.6 Å². The predicted molar refractivity (Wildman–Crippen MR) is 65.0 cm³/mol. The van der Waals surface area contributed by atoms with Gasteiger partial charge in [-0.2, -0.15) is 0 Å². The molecule has 0 saturated heterocycles. The summed E-state index contributed by atoms with van der Waals surface area (Å²) in [5, 5.41) is 2.85. The highest BCUT2D eigenvalue weighted by molar-refractivity contribution is 5.96. The Morgan fingerprint density at radius 1 is 1.24 bits per heavy atom. The Morgan fingerprint density at radius 2 is 1.76 bits per heavy atom. The number of methoxy groups -OCH3 is 1. The van der Waals surface area contributed by atoms with Gasteiger partial charge in [0.1, 0.15) is 0 Å². The minimum absolute atomic E-state index is 0.129. The maximum atomic E-state index is 11.7. The van der Waals surface area contributed by atoms with Crippen LogP contribution in [0.3, 0.4) is 0 Å². The molecular formula is C13H17NO3. The van der Waals surface area contributed by atoms with Crippen LogP contribution in [-0.2, 0) is 4.74 Å². The van der Waals surface area contributed by atoms with E-state index in [0.717, 1.165) is 6.42 Å². The van der Waals surface area contributed by atoms with E-state index in [1.165, 1.54) is 7.11 Å². The van der Waals surface area contributed by atoms with Crippen molar-refractivity contribution in [2.45, 2.75) is 26.3 Å². The maximum Gasteiger partial charge on any atom is 0.337 e. The van der Waals surface area contributed by atoms with E-state index in [1.807, 2.05) is 13.8 Å². The van der Waals surface area contributed by atoms with Crippen molar-refractivity contribution in [1.29, 1.82) is 0 Å². The van der Waals surface area contributed by atoms with Crippen molar-refractivity contribution >= 4 is 11.9 Å². The van der Waals surface area contributed by atoms with Gasteiger partial charge in [0, 0.05) is 11.6 Å². The molecule has 1 aromatic rings. The quantitative estimate of drug-likeness (QED) is 0.812. The summed E-state index contributed by atoms with van der Waals surface area (Å²) >= 11 is 0. The first-order chi connectivity index (χ1) is 8.08. The number of amides is 1. The van der Waals surface area contributed by atoms with E-state index >= 15 is 0 Å². The lowest BCUT2D eigenvalue weighted by Gasteiger charge is -2.11. The van der Waals surface area contributed by atoms with Crippen LogP contribution in [0.5, 0.6) is 0 Å². The Kier molecular flexibility index (Phi) is 4.69. The summed E-state index contributed by atoms with van der Waals surface area (Å²) in [5.41, 5.74) is 0.977. The third kappa shape index (κ3) is 3.59. The lowest BCUT2D eigenvalue weighted by Crippen LogP contribution is -2.31. The first-order valence-electron chi connectivity index (χ1n) is 5.57. The highest BCUT2D eigenvalue weighted by Gasteiger charge is 2.10. The topological polar surface area (TPSA) is 55.4 Å². The lowest BCUT2D eigenvalue weighted by molar-refractivity contribution is 0.0600. The fraction of sp³-hybridized carbons (Fsp3) is 0.385. The van der Waals surface area contributed by atoms with Gasteiger partial charge in [-0.25, -0.2) is 4.79 Å². The molecule has 0 spiro atoms. The Balaban J connectivity index is 2.74. The predicted octanol–water partition coefficient (Wildman–Crippen LogP) is 2.00. The highest BCUT2D eigenvalue weighted by atomic mass is 16.5. The van der Waals surface area contributed by atoms with Crippen molar-refractivity contribution < 1.29 is 14.3 Å². The first-order valence-corrected chi connectivity index (χ1v) is 5.57. The van der Waals surface area contributed by atoms with Crippen molar-refractivity contribution in [3.05, 3.63) is 35.4 Å². The monoisotopic (exact) mass is 235 g/mol. The van der Waals surface area contributed by atoms with Crippen molar-refractivity contribution in [3.8, 4) is 0 Å². The molecule has 1 rings (SSSR count). The molecule has 0 unspecified atom stereocenters. The van der Waals surface area contributed by atoms with Crippen LogP contribution in [0, 0.1) is 0 Å². The molecular weight excluding hydrogens is 218 g/mol. The Bertz CT molecular complexity index is 398. The summed E-state index contributed by atoms with van der Waals surface area (Å²) in [4.78, 5) is 22.9. The number of hydrogen-bond donors (Lipinski definition) is 1. The molecule has 0 radical (unpaired) electrons. The number of carbonyl (C=O) groups excluding carboxylic acids is 2. The van der Waals surface area contributed by atoms with Crippen LogP contribution in [0.2, 0.25) is 0 Å². The summed E-state index contributed by atoms with van der Waals surface area (Å²) in [7, 11) is 1.33. The van der Waals surface area contributed by atoms with Crippen molar-refractivity contribution in [1.82, 2.24) is 5.32 Å². The third-order valence-corrected chi connectivity index (χ3v) is 2.56. The van der Waals surface area contributed by atoms with Gasteiger partial charge in [-0.1, -0.05) is 6.92 Å². The molecule has 0 aromatic heterocycles. The van der Waals surface area contributed by atoms with Crippen LogP contribution in [-0.4, -0.2) is 25.0 Å². The van der Waals surface area contributed by atoms with E-state index in [4.69, 9.17) is 0 Å². The summed E-state index contributed by atoms with van der Waals surface area (Å²) < 4.78 is 4.58. The molecule has 92 valence electrons. The second-order valence-corrected chi connectivity index (χ2v) is 3.85. The molecule has 0 aliphatic heterocycles. The van der Waals surface area contributed by atoms with E-state index in [0.29, 0.717) is 11.1 Å². The highest BCUT2D eigenvalue weighted by Crippen LogP contribution is 2.06. The molecule has 0 fully saturated rings. The Labute approximate surface area is 101 Å². The van der Waals surface area contributed by atoms with Crippen LogP contribution in [0.4, 0.5) is 0 Å². The number of carbonyl (C=O) groups is 2. The van der Waals surface area contributed by atoms with E-state index < -0.39 is 5.97 Å². The molecule has 0 aliphatic carbocycles. The zero-order chi connectivity index (χ0) is 12.8. The molecule has 0 heterocycles. The summed E-state index contributed by atoms with van der Waals surface area (Å²) in [5.74, 6) is -0.533. The molecule has 1 amide bonds. The van der Waals surface area contributed by atoms with Crippen molar-refractivity contribution in [2.24, 2.45) is 0 Å². The maximum absolute atomic E-state index is 11.7. The number of benzene rings is 1. The van der Waals surface area contributed by atoms with Gasteiger partial charge in [0.2, 0.25) is 0 Å². The smallest absolute Gasteiger partial charge is 0.337 e. The van der Waals surface area contributed by atoms with Gasteiger partial charge >= 0.3 is 5.97 Å². The van der Waals surface area contributed by atoms with Crippen LogP contribution in [0.15, 0.2) is 24.3 Å². The van der Waals surface area contributed by atoms with Gasteiger partial charge < -0.3 is 10.1 Å². The van der Waals surface area contributed by atoms with Crippen LogP contribution in [0.25, 0.3) is 0 Å². The zero-order valence-electron chi connectivity index (χ0n) is 10.3. The van der Waals surface area contributed by atoms with E-state index in [-0.39, 0.29) is 11.9 Å². The number of ether oxygens (including phenoxy) is 1. The van der Waals surface area contributed by atoms with Crippen LogP contribution < -0.4 is 5.32 Å². The second-order valence-electron chi connectivity index (χ2n) is 3.85. The van der Waals surface area contributed by atoms with Gasteiger partial charge in [0.25, 0.3) is 5.91 Å². The molecule has 1 N–H and O–H groups in total. The summed E-state index contributed by atoms with van der Waals surface area (Å²) in [6.07, 6.45) is 0.881. The fourth-order valence-electron chi connectivity index (χ4n) is 1.28. The molecule has 4 nitrogen and oxygen atoms in total. The molecule has 0 bridgehead atoms. The number of esters is 1. The van der Waals surface area contributed by atoms with Crippen molar-refractivity contribution in [2.75, 3.05) is 7.11 Å². The number of nitrogens with one attached hydrogen (secondary N) is 1. The van der Waals surface area contributed by atoms with E-state index in [1.54, 1.807) is 24.3 Å². The normalized spacial score (nSPS) is 11.7. The molecule has 0 saturated carbocycles. The van der Waals surface area contributed by atoms with Gasteiger partial charge in [-0.15, -0.1) is 0 Å². The van der Waals surface area contributed by atoms with Crippen LogP contribution in [0.1, 0.15) is 41.0 Å². The van der Waals surface area contributed by atoms with Gasteiger partial charge in [0.15, 0.2) is 0 Å². The molecule has 1 atom stereocenters. The van der Waals surface area contributed by atoms with Crippen molar-refractivity contribution in [3.63, 3.8) is 0 Å². The Hall–Kier alpha value is -1.84. The average molecular weight is 235 g/mol. The van der Waals surface area contributed by atoms with E-state index in [9.17, 15) is 9.59 Å². The lowest BCUT2D eigenvalue weighted by atomic mass is 10.1. The molecule has 17 heavy (non-hydrogen) atoms. The molecule has 0 aliphatic rings. The summed E-state index contributed by atoms with van der Waals surface area (Å²) in [6, 6.07) is 6.53. The second kappa shape index (κ2) is 6.03. The Morgan fingerprint density at radius 3 is 2.24 bits per heavy atom. The van der Waals surface area contributed by atoms with E-state index in [2.05, 4.69) is 10.1 Å². The summed E-state index contributed by atoms with van der Waals surface area (Å²) in [6.45, 7) is 3.95. The fourth-order valence-corrected chi connectivity index (χ4v) is 1.28.